The molecule has 10 heteroatoms. The Morgan fingerprint density at radius 1 is 1.16 bits per heavy atom. The molecule has 2 heterocycles. The first kappa shape index (κ1) is 26.8. The number of fused-ring (bicyclic) bond motifs is 1. The zero-order chi connectivity index (χ0) is 26.2. The van der Waals surface area contributed by atoms with E-state index in [0.29, 0.717) is 16.3 Å². The van der Waals surface area contributed by atoms with Crippen LogP contribution in [0.1, 0.15) is 12.0 Å². The fraction of sp³-hybridized carbons (Fsp3) is 0.222. The Kier molecular flexibility index (Phi) is 9.26. The number of aromatic nitrogens is 1. The lowest BCUT2D eigenvalue weighted by molar-refractivity contribution is -0.141. The number of methoxy groups -OCH3 is 1. The number of esters is 1. The lowest BCUT2D eigenvalue weighted by atomic mass is 10.0. The van der Waals surface area contributed by atoms with Gasteiger partial charge in [0.05, 0.1) is 19.6 Å². The van der Waals surface area contributed by atoms with Crippen LogP contribution < -0.4 is 16.3 Å². The van der Waals surface area contributed by atoms with Gasteiger partial charge in [-0.1, -0.05) is 48.5 Å². The minimum Gasteiger partial charge on any atom is -0.469 e. The number of nitrogens with two attached hydrogens (primary N) is 2. The van der Waals surface area contributed by atoms with Crippen molar-refractivity contribution in [1.29, 1.82) is 0 Å². The van der Waals surface area contributed by atoms with Gasteiger partial charge in [0.25, 0.3) is 0 Å². The van der Waals surface area contributed by atoms with Crippen molar-refractivity contribution >= 4 is 39.2 Å². The number of ether oxygens (including phenoxy) is 1. The van der Waals surface area contributed by atoms with Crippen LogP contribution >= 0.6 is 11.3 Å². The van der Waals surface area contributed by atoms with E-state index in [9.17, 15) is 9.00 Å². The van der Waals surface area contributed by atoms with Crippen molar-refractivity contribution in [2.45, 2.75) is 23.1 Å². The number of aromatic amines is 1. The number of para-hydroxylation sites is 1. The van der Waals surface area contributed by atoms with Gasteiger partial charge in [0.15, 0.2) is 0 Å². The number of rotatable bonds is 12. The van der Waals surface area contributed by atoms with Crippen LogP contribution in [0.25, 0.3) is 21.3 Å². The van der Waals surface area contributed by atoms with E-state index < -0.39 is 17.0 Å². The van der Waals surface area contributed by atoms with Gasteiger partial charge in [-0.3, -0.25) is 4.79 Å². The number of benzene rings is 2. The lowest BCUT2D eigenvalue weighted by Gasteiger charge is -2.31. The molecule has 0 bridgehead atoms. The first-order valence-corrected chi connectivity index (χ1v) is 13.8. The second-order valence-corrected chi connectivity index (χ2v) is 11.0. The van der Waals surface area contributed by atoms with Crippen molar-refractivity contribution in [2.75, 3.05) is 20.2 Å². The van der Waals surface area contributed by atoms with Gasteiger partial charge in [-0.15, -0.1) is 11.3 Å². The van der Waals surface area contributed by atoms with Gasteiger partial charge >= 0.3 is 5.97 Å². The third kappa shape index (κ3) is 6.73. The molecule has 6 N–H and O–H groups in total. The molecule has 0 aliphatic carbocycles. The number of nitrogens with one attached hydrogen (secondary N) is 2. The second kappa shape index (κ2) is 12.8. The number of carbonyl (C=O) groups is 1. The van der Waals surface area contributed by atoms with Crippen LogP contribution in [0.3, 0.4) is 0 Å². The molecule has 2 unspecified atom stereocenters. The molecule has 0 radical (unpaired) electrons. The van der Waals surface area contributed by atoms with Crippen LogP contribution in [0.2, 0.25) is 0 Å². The number of thiophene rings is 1. The Labute approximate surface area is 222 Å². The molecule has 0 saturated heterocycles. The molecule has 4 rings (SSSR count). The molecule has 194 valence electrons. The molecule has 0 amide bonds. The highest BCUT2D eigenvalue weighted by Gasteiger charge is 2.24. The van der Waals surface area contributed by atoms with Crippen molar-refractivity contribution in [2.24, 2.45) is 11.6 Å². The van der Waals surface area contributed by atoms with E-state index in [1.165, 1.54) is 18.4 Å². The van der Waals surface area contributed by atoms with Crippen LogP contribution in [0, 0.1) is 0 Å². The fourth-order valence-corrected chi connectivity index (χ4v) is 6.23. The van der Waals surface area contributed by atoms with E-state index in [-0.39, 0.29) is 25.5 Å². The Morgan fingerprint density at radius 2 is 1.92 bits per heavy atom. The van der Waals surface area contributed by atoms with Crippen LogP contribution in [0.5, 0.6) is 0 Å². The van der Waals surface area contributed by atoms with E-state index in [4.69, 9.17) is 16.3 Å². The summed E-state index contributed by atoms with van der Waals surface area (Å²) < 4.78 is 21.7. The van der Waals surface area contributed by atoms with Gasteiger partial charge in [0.2, 0.25) is 0 Å². The molecule has 0 aliphatic rings. The van der Waals surface area contributed by atoms with E-state index in [1.54, 1.807) is 11.1 Å². The normalized spacial score (nSPS) is 13.4. The number of nitrogens with zero attached hydrogens (tertiary/aromatic N) is 1. The Morgan fingerprint density at radius 3 is 2.68 bits per heavy atom. The molecule has 2 aromatic carbocycles. The topological polar surface area (TPSA) is 126 Å². The van der Waals surface area contributed by atoms with Crippen molar-refractivity contribution < 1.29 is 13.7 Å². The standard InChI is InChI=1S/C27H31N5O3S2/c1-35-26(33)16-22(15-20-17-30-24-10-6-5-9-23(20)24)32(29)21(13-14-28)18-31-37(34)27-12-11-25(36-27)19-7-3-2-4-8-19/h2-13,17,22,30-31H,14-16,18,28-29H2,1H3. The fourth-order valence-electron chi connectivity index (χ4n) is 4.13. The van der Waals surface area contributed by atoms with Gasteiger partial charge in [0, 0.05) is 40.8 Å². The van der Waals surface area contributed by atoms with Crippen molar-refractivity contribution in [3.05, 3.63) is 90.3 Å². The minimum atomic E-state index is -1.44. The molecular formula is C27H31N5O3S2. The van der Waals surface area contributed by atoms with Crippen molar-refractivity contribution in [3.63, 3.8) is 0 Å². The van der Waals surface area contributed by atoms with E-state index in [1.807, 2.05) is 72.9 Å². The molecule has 4 aromatic rings. The first-order chi connectivity index (χ1) is 18.0. The number of H-pyrrole nitrogens is 1. The van der Waals surface area contributed by atoms with Gasteiger partial charge in [0.1, 0.15) is 15.2 Å². The minimum absolute atomic E-state index is 0.0862. The highest BCUT2D eigenvalue weighted by atomic mass is 32.2. The average molecular weight is 538 g/mol. The number of carbonyl (C=O) groups excluding carboxylic acids is 1. The Hall–Kier alpha value is -3.28. The Balaban J connectivity index is 1.48. The predicted molar refractivity (Wildman–Crippen MR) is 150 cm³/mol. The van der Waals surface area contributed by atoms with Crippen molar-refractivity contribution in [1.82, 2.24) is 14.7 Å². The van der Waals surface area contributed by atoms with E-state index >= 15 is 0 Å². The summed E-state index contributed by atoms with van der Waals surface area (Å²) in [7, 11) is -0.0856. The molecule has 0 saturated carbocycles. The molecule has 8 nitrogen and oxygen atoms in total. The summed E-state index contributed by atoms with van der Waals surface area (Å²) in [6.07, 6.45) is 4.30. The highest BCUT2D eigenvalue weighted by molar-refractivity contribution is 7.85. The quantitative estimate of drug-likeness (QED) is 0.124. The van der Waals surface area contributed by atoms with Gasteiger partial charge in [-0.2, -0.15) is 0 Å². The number of hydrogen-bond donors (Lipinski definition) is 4. The molecule has 2 atom stereocenters. The smallest absolute Gasteiger partial charge is 0.307 e. The molecule has 0 aliphatic heterocycles. The third-order valence-electron chi connectivity index (χ3n) is 6.05. The maximum atomic E-state index is 13.0. The summed E-state index contributed by atoms with van der Waals surface area (Å²) in [4.78, 5) is 16.6. The summed E-state index contributed by atoms with van der Waals surface area (Å²) in [6.45, 7) is 0.455. The molecule has 0 fully saturated rings. The summed E-state index contributed by atoms with van der Waals surface area (Å²) >= 11 is 1.47. The molecule has 0 spiro atoms. The maximum Gasteiger partial charge on any atom is 0.307 e. The van der Waals surface area contributed by atoms with Crippen LogP contribution in [-0.2, 0) is 26.9 Å². The van der Waals surface area contributed by atoms with Gasteiger partial charge in [-0.25, -0.2) is 14.8 Å². The van der Waals surface area contributed by atoms with E-state index in [2.05, 4.69) is 9.71 Å². The molecule has 2 aromatic heterocycles. The first-order valence-electron chi connectivity index (χ1n) is 11.9. The van der Waals surface area contributed by atoms with Crippen molar-refractivity contribution in [3.8, 4) is 10.4 Å². The van der Waals surface area contributed by atoms with Crippen LogP contribution in [-0.4, -0.2) is 46.4 Å². The summed E-state index contributed by atoms with van der Waals surface area (Å²) in [5.41, 5.74) is 9.61. The molecule has 37 heavy (non-hydrogen) atoms. The van der Waals surface area contributed by atoms with E-state index in [0.717, 1.165) is 26.9 Å². The van der Waals surface area contributed by atoms with Crippen LogP contribution in [0.15, 0.2) is 88.9 Å². The van der Waals surface area contributed by atoms with Gasteiger partial charge < -0.3 is 20.5 Å². The third-order valence-corrected chi connectivity index (χ3v) is 8.59. The predicted octanol–water partition coefficient (Wildman–Crippen LogP) is 3.70. The number of hydrogen-bond acceptors (Lipinski definition) is 7. The zero-order valence-corrected chi connectivity index (χ0v) is 22.2. The second-order valence-electron chi connectivity index (χ2n) is 8.41. The monoisotopic (exact) mass is 537 g/mol. The SMILES string of the molecule is COC(=O)CC(Cc1c[nH]c2ccccc12)N(N)C(=CCN)CNS(=O)c1ccc(-c2ccccc2)s1. The summed E-state index contributed by atoms with van der Waals surface area (Å²) in [6, 6.07) is 21.4. The molecular weight excluding hydrogens is 506 g/mol. The van der Waals surface area contributed by atoms with Gasteiger partial charge in [-0.05, 0) is 41.8 Å². The Bertz CT molecular complexity index is 1380. The highest BCUT2D eigenvalue weighted by Crippen LogP contribution is 2.29. The summed E-state index contributed by atoms with van der Waals surface area (Å²) in [5.74, 6) is 6.21. The van der Waals surface area contributed by atoms with Crippen LogP contribution in [0.4, 0.5) is 0 Å². The summed E-state index contributed by atoms with van der Waals surface area (Å²) in [5, 5.41) is 2.61. The lowest BCUT2D eigenvalue weighted by Crippen LogP contribution is -2.45. The average Bonchev–Trinajstić information content (AvgIpc) is 3.58. The zero-order valence-electron chi connectivity index (χ0n) is 20.6. The number of hydrazine groups is 1. The maximum absolute atomic E-state index is 13.0. The largest absolute Gasteiger partial charge is 0.469 e.